The molecule has 3 rings (SSSR count). The predicted molar refractivity (Wildman–Crippen MR) is 96.4 cm³/mol. The van der Waals surface area contributed by atoms with E-state index >= 15 is 0 Å². The first-order valence-corrected chi connectivity index (χ1v) is 9.50. The minimum absolute atomic E-state index is 0.229. The summed E-state index contributed by atoms with van der Waals surface area (Å²) in [6, 6.07) is 12.4. The molecule has 0 radical (unpaired) electrons. The summed E-state index contributed by atoms with van der Waals surface area (Å²) in [6.07, 6.45) is 2.36. The van der Waals surface area contributed by atoms with Gasteiger partial charge in [-0.2, -0.15) is 0 Å². The lowest BCUT2D eigenvalue weighted by molar-refractivity contribution is 0.411. The first kappa shape index (κ1) is 16.6. The fourth-order valence-electron chi connectivity index (χ4n) is 2.97. The summed E-state index contributed by atoms with van der Waals surface area (Å²) >= 11 is 0. The molecule has 1 heterocycles. The number of nitrogens with one attached hydrogen (secondary N) is 1. The molecule has 6 heteroatoms. The van der Waals surface area contributed by atoms with Gasteiger partial charge in [-0.3, -0.25) is 4.72 Å². The Morgan fingerprint density at radius 2 is 1.83 bits per heavy atom. The molecule has 1 aliphatic heterocycles. The first-order valence-electron chi connectivity index (χ1n) is 8.02. The maximum absolute atomic E-state index is 12.6. The zero-order chi connectivity index (χ0) is 17.2. The number of sulfonamides is 1. The van der Waals surface area contributed by atoms with Crippen LogP contribution in [0.25, 0.3) is 0 Å². The highest BCUT2D eigenvalue weighted by Crippen LogP contribution is 2.26. The van der Waals surface area contributed by atoms with Gasteiger partial charge in [0.25, 0.3) is 10.0 Å². The van der Waals surface area contributed by atoms with Crippen LogP contribution >= 0.6 is 0 Å². The lowest BCUT2D eigenvalue weighted by atomic mass is 10.2. The van der Waals surface area contributed by atoms with Crippen LogP contribution in [0.4, 0.5) is 11.4 Å². The molecule has 1 saturated heterocycles. The Labute approximate surface area is 143 Å². The molecular formula is C18H22N2O3S. The Balaban J connectivity index is 1.84. The fourth-order valence-corrected chi connectivity index (χ4v) is 4.11. The molecule has 0 unspecified atom stereocenters. The van der Waals surface area contributed by atoms with E-state index in [1.54, 1.807) is 31.4 Å². The Hall–Kier alpha value is -2.21. The van der Waals surface area contributed by atoms with Crippen molar-refractivity contribution in [3.8, 4) is 5.75 Å². The zero-order valence-electron chi connectivity index (χ0n) is 14.0. The second-order valence-electron chi connectivity index (χ2n) is 5.98. The molecule has 0 bridgehead atoms. The number of ether oxygens (including phenoxy) is 1. The quantitative estimate of drug-likeness (QED) is 0.901. The van der Waals surface area contributed by atoms with Gasteiger partial charge in [0.15, 0.2) is 0 Å². The normalized spacial score (nSPS) is 14.7. The van der Waals surface area contributed by atoms with E-state index in [-0.39, 0.29) is 4.90 Å². The van der Waals surface area contributed by atoms with Crippen molar-refractivity contribution in [2.75, 3.05) is 29.8 Å². The highest BCUT2D eigenvalue weighted by molar-refractivity contribution is 7.92. The van der Waals surface area contributed by atoms with Crippen LogP contribution in [-0.4, -0.2) is 28.6 Å². The van der Waals surface area contributed by atoms with Crippen molar-refractivity contribution >= 4 is 21.4 Å². The van der Waals surface area contributed by atoms with Gasteiger partial charge in [0, 0.05) is 18.8 Å². The van der Waals surface area contributed by atoms with E-state index in [0.717, 1.165) is 24.3 Å². The van der Waals surface area contributed by atoms with E-state index < -0.39 is 10.0 Å². The van der Waals surface area contributed by atoms with Crippen molar-refractivity contribution in [1.29, 1.82) is 0 Å². The predicted octanol–water partition coefficient (Wildman–Crippen LogP) is 3.40. The number of nitrogens with zero attached hydrogens (tertiary/aromatic N) is 1. The third-order valence-electron chi connectivity index (χ3n) is 4.25. The minimum atomic E-state index is -3.63. The lowest BCUT2D eigenvalue weighted by Gasteiger charge is -2.18. The summed E-state index contributed by atoms with van der Waals surface area (Å²) in [7, 11) is -2.06. The Bertz CT molecular complexity index is 828. The monoisotopic (exact) mass is 346 g/mol. The topological polar surface area (TPSA) is 58.6 Å². The van der Waals surface area contributed by atoms with Crippen molar-refractivity contribution in [2.45, 2.75) is 24.7 Å². The van der Waals surface area contributed by atoms with Gasteiger partial charge >= 0.3 is 0 Å². The molecule has 1 fully saturated rings. The Kier molecular flexibility index (Phi) is 4.66. The summed E-state index contributed by atoms with van der Waals surface area (Å²) in [6.45, 7) is 3.87. The third kappa shape index (κ3) is 3.48. The Morgan fingerprint density at radius 3 is 2.50 bits per heavy atom. The van der Waals surface area contributed by atoms with Crippen LogP contribution in [0.1, 0.15) is 18.4 Å². The molecule has 0 saturated carbocycles. The van der Waals surface area contributed by atoms with E-state index in [9.17, 15) is 8.42 Å². The lowest BCUT2D eigenvalue weighted by Crippen LogP contribution is -2.18. The summed E-state index contributed by atoms with van der Waals surface area (Å²) in [5.74, 6) is 0.671. The van der Waals surface area contributed by atoms with E-state index in [0.29, 0.717) is 11.4 Å². The summed E-state index contributed by atoms with van der Waals surface area (Å²) in [4.78, 5) is 2.50. The highest BCUT2D eigenvalue weighted by atomic mass is 32.2. The van der Waals surface area contributed by atoms with Crippen LogP contribution < -0.4 is 14.4 Å². The number of anilines is 2. The fraction of sp³-hybridized carbons (Fsp3) is 0.333. The second kappa shape index (κ2) is 6.73. The third-order valence-corrected chi connectivity index (χ3v) is 5.63. The van der Waals surface area contributed by atoms with Gasteiger partial charge in [-0.25, -0.2) is 8.42 Å². The van der Waals surface area contributed by atoms with Crippen LogP contribution in [0.5, 0.6) is 5.75 Å². The number of aryl methyl sites for hydroxylation is 1. The molecule has 0 spiro atoms. The maximum atomic E-state index is 12.6. The van der Waals surface area contributed by atoms with Crippen LogP contribution in [0.2, 0.25) is 0 Å². The molecule has 1 aliphatic rings. The van der Waals surface area contributed by atoms with Crippen molar-refractivity contribution in [3.63, 3.8) is 0 Å². The largest absolute Gasteiger partial charge is 0.496 e. The van der Waals surface area contributed by atoms with Gasteiger partial charge in [0.2, 0.25) is 0 Å². The summed E-state index contributed by atoms with van der Waals surface area (Å²) < 4.78 is 33.1. The van der Waals surface area contributed by atoms with Crippen LogP contribution in [0.3, 0.4) is 0 Å². The molecule has 0 atom stereocenters. The number of rotatable bonds is 5. The van der Waals surface area contributed by atoms with Crippen molar-refractivity contribution in [3.05, 3.63) is 48.0 Å². The van der Waals surface area contributed by atoms with Crippen LogP contribution in [-0.2, 0) is 10.0 Å². The van der Waals surface area contributed by atoms with Gasteiger partial charge in [-0.15, -0.1) is 0 Å². The van der Waals surface area contributed by atoms with Gasteiger partial charge in [0.05, 0.1) is 17.7 Å². The van der Waals surface area contributed by atoms with Gasteiger partial charge in [-0.1, -0.05) is 6.07 Å². The van der Waals surface area contributed by atoms with Gasteiger partial charge in [-0.05, 0) is 61.7 Å². The van der Waals surface area contributed by atoms with Crippen molar-refractivity contribution in [1.82, 2.24) is 0 Å². The minimum Gasteiger partial charge on any atom is -0.496 e. The number of hydrogen-bond donors (Lipinski definition) is 1. The molecule has 1 N–H and O–H groups in total. The van der Waals surface area contributed by atoms with E-state index in [1.807, 2.05) is 25.1 Å². The maximum Gasteiger partial charge on any atom is 0.261 e. The molecule has 2 aromatic rings. The number of hydrogen-bond acceptors (Lipinski definition) is 4. The molecule has 0 aliphatic carbocycles. The Morgan fingerprint density at radius 1 is 1.08 bits per heavy atom. The molecular weight excluding hydrogens is 324 g/mol. The second-order valence-corrected chi connectivity index (χ2v) is 7.66. The van der Waals surface area contributed by atoms with Crippen LogP contribution in [0.15, 0.2) is 47.4 Å². The smallest absolute Gasteiger partial charge is 0.261 e. The van der Waals surface area contributed by atoms with Gasteiger partial charge in [0.1, 0.15) is 5.75 Å². The van der Waals surface area contributed by atoms with Gasteiger partial charge < -0.3 is 9.64 Å². The highest BCUT2D eigenvalue weighted by Gasteiger charge is 2.17. The van der Waals surface area contributed by atoms with Crippen molar-refractivity contribution in [2.24, 2.45) is 0 Å². The number of benzene rings is 2. The van der Waals surface area contributed by atoms with Crippen molar-refractivity contribution < 1.29 is 13.2 Å². The van der Waals surface area contributed by atoms with E-state index in [1.165, 1.54) is 12.8 Å². The molecule has 5 nitrogen and oxygen atoms in total. The van der Waals surface area contributed by atoms with E-state index in [4.69, 9.17) is 4.74 Å². The van der Waals surface area contributed by atoms with Crippen LogP contribution in [0, 0.1) is 6.92 Å². The average molecular weight is 346 g/mol. The standard InChI is InChI=1S/C18H22N2O3S/c1-14-12-17(8-9-18(14)23-2)24(21,22)19-15-6-5-7-16(13-15)20-10-3-4-11-20/h5-9,12-13,19H,3-4,10-11H2,1-2H3. The zero-order valence-corrected chi connectivity index (χ0v) is 14.8. The SMILES string of the molecule is COc1ccc(S(=O)(=O)Nc2cccc(N3CCCC3)c2)cc1C. The molecule has 0 aromatic heterocycles. The molecule has 128 valence electrons. The average Bonchev–Trinajstić information content (AvgIpc) is 3.09. The first-order chi connectivity index (χ1) is 11.5. The molecule has 2 aromatic carbocycles. The molecule has 24 heavy (non-hydrogen) atoms. The van der Waals surface area contributed by atoms with E-state index in [2.05, 4.69) is 9.62 Å². The molecule has 0 amide bonds. The summed E-state index contributed by atoms with van der Waals surface area (Å²) in [5, 5.41) is 0. The number of methoxy groups -OCH3 is 1. The summed E-state index contributed by atoms with van der Waals surface area (Å²) in [5.41, 5.74) is 2.41.